The van der Waals surface area contributed by atoms with E-state index in [0.29, 0.717) is 38.2 Å². The number of fused-ring (bicyclic) bond motifs is 2. The van der Waals surface area contributed by atoms with Crippen molar-refractivity contribution in [3.05, 3.63) is 35.4 Å². The smallest absolute Gasteiger partial charge is 0.252 e. The molecule has 7 heteroatoms. The molecule has 0 radical (unpaired) electrons. The van der Waals surface area contributed by atoms with E-state index in [0.717, 1.165) is 5.56 Å². The Morgan fingerprint density at radius 1 is 1.28 bits per heavy atom. The minimum atomic E-state index is -0.697. The van der Waals surface area contributed by atoms with Crippen LogP contribution in [-0.2, 0) is 16.1 Å². The Bertz CT molecular complexity index is 764. The fourth-order valence-corrected chi connectivity index (χ4v) is 4.34. The summed E-state index contributed by atoms with van der Waals surface area (Å²) in [7, 11) is 1.54. The Labute approximate surface area is 146 Å². The van der Waals surface area contributed by atoms with Crippen LogP contribution in [0.2, 0.25) is 0 Å². The maximum atomic E-state index is 12.8. The number of nitrogens with zero attached hydrogens (tertiary/aromatic N) is 4. The molecule has 0 saturated carbocycles. The van der Waals surface area contributed by atoms with E-state index in [4.69, 9.17) is 5.26 Å². The monoisotopic (exact) mass is 340 g/mol. The van der Waals surface area contributed by atoms with Gasteiger partial charge in [0, 0.05) is 33.2 Å². The molecule has 3 fully saturated rings. The number of piperazine rings is 1. The van der Waals surface area contributed by atoms with Crippen molar-refractivity contribution in [3.8, 4) is 6.07 Å². The topological polar surface area (TPSA) is 87.9 Å². The lowest BCUT2D eigenvalue weighted by molar-refractivity contribution is -0.178. The number of aliphatic hydroxyl groups excluding tert-OH is 1. The van der Waals surface area contributed by atoms with Crippen molar-refractivity contribution in [1.29, 1.82) is 5.26 Å². The van der Waals surface area contributed by atoms with Crippen molar-refractivity contribution in [2.75, 3.05) is 26.7 Å². The molecular formula is C18H20N4O3. The van der Waals surface area contributed by atoms with Gasteiger partial charge >= 0.3 is 0 Å². The number of hydrogen-bond acceptors (Lipinski definition) is 6. The molecule has 4 rings (SSSR count). The molecule has 3 saturated heterocycles. The van der Waals surface area contributed by atoms with Crippen LogP contribution >= 0.6 is 0 Å². The molecule has 3 heterocycles. The molecule has 1 aromatic rings. The fraction of sp³-hybridized carbons (Fsp3) is 0.500. The number of carbonyl (C=O) groups excluding carboxylic acids is 2. The van der Waals surface area contributed by atoms with Gasteiger partial charge in [-0.15, -0.1) is 0 Å². The summed E-state index contributed by atoms with van der Waals surface area (Å²) in [4.78, 5) is 30.4. The van der Waals surface area contributed by atoms with Gasteiger partial charge in [0.15, 0.2) is 0 Å². The molecular weight excluding hydrogens is 320 g/mol. The second kappa shape index (κ2) is 5.63. The second-order valence-corrected chi connectivity index (χ2v) is 7.25. The maximum absolute atomic E-state index is 12.8. The number of amides is 2. The molecule has 0 unspecified atom stereocenters. The highest BCUT2D eigenvalue weighted by Crippen LogP contribution is 2.40. The SMILES string of the molecule is CN1C(=O)[C@@H]2C[C@@H](O)CN2C2(CN(Cc3ccc(C#N)cc3)C2)C1=O. The first-order valence-corrected chi connectivity index (χ1v) is 8.43. The molecule has 25 heavy (non-hydrogen) atoms. The van der Waals surface area contributed by atoms with Gasteiger partial charge in [0.2, 0.25) is 5.91 Å². The average molecular weight is 340 g/mol. The zero-order chi connectivity index (χ0) is 17.8. The molecule has 0 aromatic heterocycles. The number of hydrogen-bond donors (Lipinski definition) is 1. The van der Waals surface area contributed by atoms with E-state index in [1.54, 1.807) is 12.1 Å². The molecule has 3 aliphatic heterocycles. The summed E-state index contributed by atoms with van der Waals surface area (Å²) in [6.07, 6.45) is -0.161. The molecule has 1 spiro atoms. The number of carbonyl (C=O) groups is 2. The summed E-state index contributed by atoms with van der Waals surface area (Å²) in [5, 5.41) is 18.9. The predicted molar refractivity (Wildman–Crippen MR) is 88.1 cm³/mol. The number of likely N-dealkylation sites (N-methyl/N-ethyl adjacent to an activating group) is 1. The highest BCUT2D eigenvalue weighted by Gasteiger charge is 2.63. The molecule has 1 N–H and O–H groups in total. The molecule has 0 aliphatic carbocycles. The van der Waals surface area contributed by atoms with Crippen LogP contribution in [0.25, 0.3) is 0 Å². The fourth-order valence-electron chi connectivity index (χ4n) is 4.34. The number of likely N-dealkylation sites (tertiary alicyclic amines) is 1. The summed E-state index contributed by atoms with van der Waals surface area (Å²) in [5.74, 6) is -0.378. The van der Waals surface area contributed by atoms with Gasteiger partial charge in [-0.3, -0.25) is 24.3 Å². The van der Waals surface area contributed by atoms with Crippen molar-refractivity contribution >= 4 is 11.8 Å². The highest BCUT2D eigenvalue weighted by molar-refractivity contribution is 6.05. The maximum Gasteiger partial charge on any atom is 0.252 e. The lowest BCUT2D eigenvalue weighted by Crippen LogP contribution is -2.80. The second-order valence-electron chi connectivity index (χ2n) is 7.25. The third kappa shape index (κ3) is 2.37. The first kappa shape index (κ1) is 16.2. The summed E-state index contributed by atoms with van der Waals surface area (Å²) >= 11 is 0. The minimum Gasteiger partial charge on any atom is -0.392 e. The first-order valence-electron chi connectivity index (χ1n) is 8.43. The van der Waals surface area contributed by atoms with E-state index in [-0.39, 0.29) is 11.8 Å². The van der Waals surface area contributed by atoms with Gasteiger partial charge in [0.05, 0.1) is 23.8 Å². The van der Waals surface area contributed by atoms with Crippen molar-refractivity contribution in [3.63, 3.8) is 0 Å². The van der Waals surface area contributed by atoms with Crippen molar-refractivity contribution in [1.82, 2.24) is 14.7 Å². The number of rotatable bonds is 2. The van der Waals surface area contributed by atoms with E-state index in [1.807, 2.05) is 17.0 Å². The normalized spacial score (nSPS) is 28.8. The number of benzene rings is 1. The minimum absolute atomic E-state index is 0.168. The predicted octanol–water partition coefficient (Wildman–Crippen LogP) is -0.454. The van der Waals surface area contributed by atoms with Crippen LogP contribution in [0.3, 0.4) is 0 Å². The molecule has 3 aliphatic rings. The van der Waals surface area contributed by atoms with Crippen LogP contribution < -0.4 is 0 Å². The number of imide groups is 1. The van der Waals surface area contributed by atoms with E-state index >= 15 is 0 Å². The number of nitriles is 1. The van der Waals surface area contributed by atoms with Crippen LogP contribution in [0.5, 0.6) is 0 Å². The molecule has 2 amide bonds. The van der Waals surface area contributed by atoms with Gasteiger partial charge in [-0.05, 0) is 24.1 Å². The average Bonchev–Trinajstić information content (AvgIpc) is 2.97. The highest BCUT2D eigenvalue weighted by atomic mass is 16.3. The zero-order valence-corrected chi connectivity index (χ0v) is 14.1. The van der Waals surface area contributed by atoms with E-state index < -0.39 is 17.7 Å². The standard InChI is InChI=1S/C18H20N4O3/c1-20-16(24)15-6-14(23)9-22(15)18(17(20)25)10-21(11-18)8-13-4-2-12(7-19)3-5-13/h2-5,14-15,23H,6,8-11H2,1H3/t14-,15+/m1/s1. The lowest BCUT2D eigenvalue weighted by Gasteiger charge is -2.58. The van der Waals surface area contributed by atoms with Gasteiger partial charge in [0.25, 0.3) is 5.91 Å². The molecule has 0 bridgehead atoms. The first-order chi connectivity index (χ1) is 11.9. The third-order valence-corrected chi connectivity index (χ3v) is 5.61. The summed E-state index contributed by atoms with van der Waals surface area (Å²) in [6, 6.07) is 9.12. The Morgan fingerprint density at radius 2 is 1.96 bits per heavy atom. The van der Waals surface area contributed by atoms with Gasteiger partial charge in [-0.1, -0.05) is 12.1 Å². The third-order valence-electron chi connectivity index (χ3n) is 5.61. The Hall–Kier alpha value is -2.27. The summed E-state index contributed by atoms with van der Waals surface area (Å²) in [5.41, 5.74) is 1.01. The molecule has 7 nitrogen and oxygen atoms in total. The number of β-amino-alcohol motifs (C(OH)–C–C–N with tert-alkyl or cyclic N) is 1. The largest absolute Gasteiger partial charge is 0.392 e. The zero-order valence-electron chi connectivity index (χ0n) is 14.1. The number of aliphatic hydroxyl groups is 1. The van der Waals surface area contributed by atoms with Crippen LogP contribution in [0, 0.1) is 11.3 Å². The van der Waals surface area contributed by atoms with E-state index in [2.05, 4.69) is 11.0 Å². The van der Waals surface area contributed by atoms with Crippen LogP contribution in [0.15, 0.2) is 24.3 Å². The van der Waals surface area contributed by atoms with Crippen molar-refractivity contribution in [2.45, 2.75) is 30.7 Å². The Balaban J connectivity index is 1.50. The Kier molecular flexibility index (Phi) is 3.65. The lowest BCUT2D eigenvalue weighted by atomic mass is 9.82. The molecule has 130 valence electrons. The van der Waals surface area contributed by atoms with Gasteiger partial charge < -0.3 is 5.11 Å². The molecule has 2 atom stereocenters. The van der Waals surface area contributed by atoms with Crippen molar-refractivity contribution in [2.24, 2.45) is 0 Å². The van der Waals surface area contributed by atoms with Gasteiger partial charge in [-0.2, -0.15) is 5.26 Å². The van der Waals surface area contributed by atoms with Crippen LogP contribution in [-0.4, -0.2) is 76.0 Å². The van der Waals surface area contributed by atoms with Crippen LogP contribution in [0.4, 0.5) is 0 Å². The Morgan fingerprint density at radius 3 is 2.60 bits per heavy atom. The summed E-state index contributed by atoms with van der Waals surface area (Å²) < 4.78 is 0. The van der Waals surface area contributed by atoms with Gasteiger partial charge in [-0.25, -0.2) is 0 Å². The van der Waals surface area contributed by atoms with E-state index in [9.17, 15) is 14.7 Å². The van der Waals surface area contributed by atoms with Crippen LogP contribution in [0.1, 0.15) is 17.5 Å². The summed E-state index contributed by atoms with van der Waals surface area (Å²) in [6.45, 7) is 2.17. The quantitative estimate of drug-likeness (QED) is 0.734. The van der Waals surface area contributed by atoms with E-state index in [1.165, 1.54) is 11.9 Å². The van der Waals surface area contributed by atoms with Gasteiger partial charge in [0.1, 0.15) is 5.54 Å². The molecule has 1 aromatic carbocycles. The van der Waals surface area contributed by atoms with Crippen molar-refractivity contribution < 1.29 is 14.7 Å².